The summed E-state index contributed by atoms with van der Waals surface area (Å²) >= 11 is 12.2. The topological polar surface area (TPSA) is 75.3 Å². The summed E-state index contributed by atoms with van der Waals surface area (Å²) in [5.74, 6) is 2.01. The Morgan fingerprint density at radius 3 is 2.72 bits per heavy atom. The second-order valence-electron chi connectivity index (χ2n) is 5.37. The number of halogens is 3. The first-order valence-corrected chi connectivity index (χ1v) is 8.46. The maximum Gasteiger partial charge on any atom is 0.226 e. The fourth-order valence-electron chi connectivity index (χ4n) is 2.22. The minimum absolute atomic E-state index is 0. The van der Waals surface area contributed by atoms with Gasteiger partial charge in [-0.05, 0) is 38.0 Å². The van der Waals surface area contributed by atoms with Gasteiger partial charge in [0, 0.05) is 30.1 Å². The molecule has 25 heavy (non-hydrogen) atoms. The molecule has 0 aliphatic carbocycles. The van der Waals surface area contributed by atoms with Crippen molar-refractivity contribution in [2.24, 2.45) is 4.99 Å². The number of nitrogens with zero attached hydrogens (tertiary/aromatic N) is 3. The predicted molar refractivity (Wildman–Crippen MR) is 112 cm³/mol. The van der Waals surface area contributed by atoms with E-state index in [4.69, 9.17) is 27.7 Å². The zero-order valence-corrected chi connectivity index (χ0v) is 18.2. The predicted octanol–water partition coefficient (Wildman–Crippen LogP) is 4.16. The van der Waals surface area contributed by atoms with Gasteiger partial charge in [0.2, 0.25) is 5.89 Å². The van der Waals surface area contributed by atoms with Gasteiger partial charge < -0.3 is 15.2 Å². The molecule has 0 spiro atoms. The second kappa shape index (κ2) is 10.8. The highest BCUT2D eigenvalue weighted by atomic mass is 127. The standard InChI is InChI=1S/C16H21Cl2N5O.HI/c1-10(13-7-6-12(17)9-14(13)18)21-16(19-3)20-8-4-5-15-22-11(2)23-24-15;/h6-7,9-10H,4-5,8H2,1-3H3,(H2,19,20,21);1H. The first kappa shape index (κ1) is 22.0. The van der Waals surface area contributed by atoms with E-state index in [0.29, 0.717) is 27.7 Å². The first-order chi connectivity index (χ1) is 11.5. The first-order valence-electron chi connectivity index (χ1n) is 7.71. The zero-order valence-electron chi connectivity index (χ0n) is 14.3. The fourth-order valence-corrected chi connectivity index (χ4v) is 2.79. The second-order valence-corrected chi connectivity index (χ2v) is 6.21. The Morgan fingerprint density at radius 1 is 1.36 bits per heavy atom. The van der Waals surface area contributed by atoms with Gasteiger partial charge >= 0.3 is 0 Å². The maximum atomic E-state index is 6.24. The summed E-state index contributed by atoms with van der Waals surface area (Å²) in [5, 5.41) is 11.6. The van der Waals surface area contributed by atoms with Crippen LogP contribution in [0.1, 0.15) is 36.7 Å². The summed E-state index contributed by atoms with van der Waals surface area (Å²) in [7, 11) is 1.73. The summed E-state index contributed by atoms with van der Waals surface area (Å²) in [4.78, 5) is 8.40. The lowest BCUT2D eigenvalue weighted by atomic mass is 10.1. The van der Waals surface area contributed by atoms with E-state index < -0.39 is 0 Å². The number of benzene rings is 1. The summed E-state index contributed by atoms with van der Waals surface area (Å²) in [6.45, 7) is 4.56. The van der Waals surface area contributed by atoms with E-state index in [1.807, 2.05) is 19.1 Å². The fraction of sp³-hybridized carbons (Fsp3) is 0.438. The molecule has 0 fully saturated rings. The van der Waals surface area contributed by atoms with E-state index in [2.05, 4.69) is 25.8 Å². The Labute approximate surface area is 174 Å². The van der Waals surface area contributed by atoms with E-state index in [9.17, 15) is 0 Å². The van der Waals surface area contributed by atoms with Gasteiger partial charge in [-0.15, -0.1) is 24.0 Å². The van der Waals surface area contributed by atoms with Crippen molar-refractivity contribution in [1.29, 1.82) is 0 Å². The normalized spacial score (nSPS) is 12.4. The number of nitrogens with one attached hydrogen (secondary N) is 2. The number of hydrogen-bond acceptors (Lipinski definition) is 4. The number of aliphatic imine (C=N–C) groups is 1. The Bertz CT molecular complexity index is 708. The molecule has 2 rings (SSSR count). The molecular formula is C16H22Cl2IN5O. The average molecular weight is 498 g/mol. The van der Waals surface area contributed by atoms with E-state index >= 15 is 0 Å². The lowest BCUT2D eigenvalue weighted by molar-refractivity contribution is 0.372. The minimum atomic E-state index is -0.000410. The molecule has 1 unspecified atom stereocenters. The van der Waals surface area contributed by atoms with Crippen molar-refractivity contribution in [2.45, 2.75) is 32.7 Å². The Kier molecular flexibility index (Phi) is 9.52. The summed E-state index contributed by atoms with van der Waals surface area (Å²) in [6, 6.07) is 5.47. The molecule has 1 atom stereocenters. The van der Waals surface area contributed by atoms with Crippen LogP contribution in [0.4, 0.5) is 0 Å². The lowest BCUT2D eigenvalue weighted by Crippen LogP contribution is -2.39. The van der Waals surface area contributed by atoms with Crippen LogP contribution in [0.15, 0.2) is 27.7 Å². The minimum Gasteiger partial charge on any atom is -0.356 e. The number of hydrogen-bond donors (Lipinski definition) is 2. The molecule has 0 radical (unpaired) electrons. The van der Waals surface area contributed by atoms with Gasteiger partial charge in [-0.1, -0.05) is 34.4 Å². The quantitative estimate of drug-likeness (QED) is 0.271. The van der Waals surface area contributed by atoms with Crippen LogP contribution in [0.3, 0.4) is 0 Å². The molecular weight excluding hydrogens is 476 g/mol. The zero-order chi connectivity index (χ0) is 17.5. The average Bonchev–Trinajstić information content (AvgIpc) is 2.95. The molecule has 1 aromatic heterocycles. The third-order valence-electron chi connectivity index (χ3n) is 3.44. The van der Waals surface area contributed by atoms with Crippen molar-refractivity contribution in [3.8, 4) is 0 Å². The summed E-state index contributed by atoms with van der Waals surface area (Å²) < 4.78 is 5.08. The van der Waals surface area contributed by atoms with Crippen LogP contribution in [0.25, 0.3) is 0 Å². The van der Waals surface area contributed by atoms with Gasteiger partial charge in [0.1, 0.15) is 0 Å². The third kappa shape index (κ3) is 6.99. The highest BCUT2D eigenvalue weighted by Crippen LogP contribution is 2.25. The number of rotatable bonds is 6. The van der Waals surface area contributed by atoms with Crippen LogP contribution in [0.5, 0.6) is 0 Å². The molecule has 2 N–H and O–H groups in total. The van der Waals surface area contributed by atoms with Crippen molar-refractivity contribution in [3.05, 3.63) is 45.5 Å². The number of guanidine groups is 1. The van der Waals surface area contributed by atoms with Gasteiger partial charge in [0.15, 0.2) is 11.8 Å². The van der Waals surface area contributed by atoms with Crippen molar-refractivity contribution >= 4 is 53.1 Å². The SMILES string of the molecule is CN=C(NCCCc1nc(C)no1)NC(C)c1ccc(Cl)cc1Cl.I. The van der Waals surface area contributed by atoms with Crippen LogP contribution in [-0.2, 0) is 6.42 Å². The molecule has 0 aliphatic rings. The van der Waals surface area contributed by atoms with Crippen molar-refractivity contribution in [2.75, 3.05) is 13.6 Å². The van der Waals surface area contributed by atoms with Gasteiger partial charge in [-0.3, -0.25) is 4.99 Å². The van der Waals surface area contributed by atoms with Gasteiger partial charge in [-0.25, -0.2) is 0 Å². The molecule has 1 heterocycles. The Morgan fingerprint density at radius 2 is 2.12 bits per heavy atom. The molecule has 0 bridgehead atoms. The molecule has 9 heteroatoms. The van der Waals surface area contributed by atoms with Crippen molar-refractivity contribution in [3.63, 3.8) is 0 Å². The highest BCUT2D eigenvalue weighted by molar-refractivity contribution is 14.0. The van der Waals surface area contributed by atoms with Crippen LogP contribution >= 0.6 is 47.2 Å². The van der Waals surface area contributed by atoms with Crippen LogP contribution in [0, 0.1) is 6.92 Å². The molecule has 0 saturated carbocycles. The highest BCUT2D eigenvalue weighted by Gasteiger charge is 2.11. The van der Waals surface area contributed by atoms with E-state index in [0.717, 1.165) is 24.9 Å². The smallest absolute Gasteiger partial charge is 0.226 e. The molecule has 6 nitrogen and oxygen atoms in total. The Hall–Kier alpha value is -1.06. The van der Waals surface area contributed by atoms with Crippen LogP contribution in [-0.4, -0.2) is 29.7 Å². The monoisotopic (exact) mass is 497 g/mol. The van der Waals surface area contributed by atoms with Crippen molar-refractivity contribution in [1.82, 2.24) is 20.8 Å². The molecule has 138 valence electrons. The molecule has 0 amide bonds. The third-order valence-corrected chi connectivity index (χ3v) is 4.00. The van der Waals surface area contributed by atoms with Gasteiger partial charge in [-0.2, -0.15) is 4.98 Å². The molecule has 1 aromatic carbocycles. The van der Waals surface area contributed by atoms with Gasteiger partial charge in [0.25, 0.3) is 0 Å². The number of aromatic nitrogens is 2. The molecule has 2 aromatic rings. The summed E-state index contributed by atoms with van der Waals surface area (Å²) in [6.07, 6.45) is 1.59. The molecule has 0 saturated heterocycles. The van der Waals surface area contributed by atoms with Crippen LogP contribution < -0.4 is 10.6 Å². The van der Waals surface area contributed by atoms with Crippen LogP contribution in [0.2, 0.25) is 10.0 Å². The van der Waals surface area contributed by atoms with Crippen molar-refractivity contribution < 1.29 is 4.52 Å². The van der Waals surface area contributed by atoms with E-state index in [1.165, 1.54) is 0 Å². The summed E-state index contributed by atoms with van der Waals surface area (Å²) in [5.41, 5.74) is 0.963. The lowest BCUT2D eigenvalue weighted by Gasteiger charge is -2.19. The van der Waals surface area contributed by atoms with Gasteiger partial charge in [0.05, 0.1) is 6.04 Å². The maximum absolute atomic E-state index is 6.24. The number of aryl methyl sites for hydroxylation is 2. The van der Waals surface area contributed by atoms with E-state index in [1.54, 1.807) is 20.0 Å². The molecule has 0 aliphatic heterocycles. The van der Waals surface area contributed by atoms with E-state index in [-0.39, 0.29) is 30.0 Å². The Balaban J connectivity index is 0.00000312. The largest absolute Gasteiger partial charge is 0.356 e.